The SMILES string of the molecule is C=CC(=O)CCC1CC(NC(=O)CC2Cc3ccccc3-c3cc(Cl)ccc3C2C)C1. The molecule has 1 amide bonds. The van der Waals surface area contributed by atoms with E-state index in [-0.39, 0.29) is 29.6 Å². The molecule has 2 aromatic carbocycles. The Hall–Kier alpha value is -2.39. The van der Waals surface area contributed by atoms with Gasteiger partial charge in [-0.3, -0.25) is 9.59 Å². The van der Waals surface area contributed by atoms with E-state index in [1.165, 1.54) is 28.3 Å². The standard InChI is InChI=1S/C27H30ClNO2/c1-3-23(30)10-8-18-12-22(13-18)29-27(31)15-20-14-19-6-4-5-7-25(19)26-16-21(28)9-11-24(26)17(20)2/h3-7,9,11,16-18,20,22H,1,8,10,12-15H2,2H3,(H,29,31). The van der Waals surface area contributed by atoms with Gasteiger partial charge in [-0.15, -0.1) is 0 Å². The van der Waals surface area contributed by atoms with Crippen LogP contribution in [0.15, 0.2) is 55.1 Å². The lowest BCUT2D eigenvalue weighted by Crippen LogP contribution is -2.45. The number of rotatable bonds is 7. The predicted octanol–water partition coefficient (Wildman–Crippen LogP) is 6.10. The highest BCUT2D eigenvalue weighted by molar-refractivity contribution is 6.30. The molecular formula is C27H30ClNO2. The summed E-state index contributed by atoms with van der Waals surface area (Å²) in [4.78, 5) is 24.3. The average molecular weight is 436 g/mol. The van der Waals surface area contributed by atoms with E-state index in [0.29, 0.717) is 18.8 Å². The Morgan fingerprint density at radius 1 is 1.16 bits per heavy atom. The predicted molar refractivity (Wildman–Crippen MR) is 126 cm³/mol. The van der Waals surface area contributed by atoms with Crippen molar-refractivity contribution in [3.05, 3.63) is 71.3 Å². The molecule has 4 rings (SSSR count). The summed E-state index contributed by atoms with van der Waals surface area (Å²) in [6.45, 7) is 5.75. The third-order valence-corrected chi connectivity index (χ3v) is 7.31. The Morgan fingerprint density at radius 3 is 2.71 bits per heavy atom. The fourth-order valence-corrected chi connectivity index (χ4v) is 5.32. The van der Waals surface area contributed by atoms with E-state index >= 15 is 0 Å². The topological polar surface area (TPSA) is 46.2 Å². The summed E-state index contributed by atoms with van der Waals surface area (Å²) in [5, 5.41) is 3.97. The summed E-state index contributed by atoms with van der Waals surface area (Å²) in [6.07, 6.45) is 6.21. The number of carbonyl (C=O) groups excluding carboxylic acids is 2. The number of hydrogen-bond donors (Lipinski definition) is 1. The molecule has 0 radical (unpaired) electrons. The molecule has 3 nitrogen and oxygen atoms in total. The normalized spacial score (nSPS) is 24.2. The molecule has 4 heteroatoms. The molecule has 2 unspecified atom stereocenters. The molecule has 1 saturated carbocycles. The first-order valence-electron chi connectivity index (χ1n) is 11.3. The van der Waals surface area contributed by atoms with Crippen LogP contribution in [0.1, 0.15) is 56.1 Å². The second-order valence-electron chi connectivity index (χ2n) is 9.16. The first-order chi connectivity index (χ1) is 14.9. The van der Waals surface area contributed by atoms with Gasteiger partial charge in [0.25, 0.3) is 0 Å². The molecule has 0 aromatic heterocycles. The quantitative estimate of drug-likeness (QED) is 0.534. The Bertz CT molecular complexity index is 992. The van der Waals surface area contributed by atoms with E-state index in [1.807, 2.05) is 6.07 Å². The van der Waals surface area contributed by atoms with Crippen LogP contribution in [0.2, 0.25) is 5.02 Å². The lowest BCUT2D eigenvalue weighted by Gasteiger charge is -2.36. The van der Waals surface area contributed by atoms with Crippen molar-refractivity contribution >= 4 is 23.3 Å². The summed E-state index contributed by atoms with van der Waals surface area (Å²) in [7, 11) is 0. The molecule has 0 spiro atoms. The number of carbonyl (C=O) groups is 2. The number of benzene rings is 2. The molecule has 2 atom stereocenters. The summed E-state index contributed by atoms with van der Waals surface area (Å²) >= 11 is 6.32. The van der Waals surface area contributed by atoms with Gasteiger partial charge in [0.2, 0.25) is 5.91 Å². The van der Waals surface area contributed by atoms with Crippen LogP contribution in [-0.4, -0.2) is 17.7 Å². The van der Waals surface area contributed by atoms with Gasteiger partial charge in [-0.2, -0.15) is 0 Å². The lowest BCUT2D eigenvalue weighted by molar-refractivity contribution is -0.124. The molecule has 0 saturated heterocycles. The van der Waals surface area contributed by atoms with Crippen molar-refractivity contribution in [1.29, 1.82) is 0 Å². The molecule has 31 heavy (non-hydrogen) atoms. The lowest BCUT2D eigenvalue weighted by atomic mass is 9.77. The van der Waals surface area contributed by atoms with E-state index in [9.17, 15) is 9.59 Å². The minimum Gasteiger partial charge on any atom is -0.353 e. The van der Waals surface area contributed by atoms with Gasteiger partial charge in [0.1, 0.15) is 0 Å². The molecule has 2 aliphatic rings. The van der Waals surface area contributed by atoms with Crippen molar-refractivity contribution in [3.8, 4) is 11.1 Å². The minimum absolute atomic E-state index is 0.108. The molecule has 2 aliphatic carbocycles. The third-order valence-electron chi connectivity index (χ3n) is 7.08. The molecular weight excluding hydrogens is 406 g/mol. The van der Waals surface area contributed by atoms with Crippen LogP contribution in [0.3, 0.4) is 0 Å². The molecule has 0 bridgehead atoms. The van der Waals surface area contributed by atoms with Crippen LogP contribution < -0.4 is 5.32 Å². The van der Waals surface area contributed by atoms with Gasteiger partial charge in [0.15, 0.2) is 5.78 Å². The highest BCUT2D eigenvalue weighted by atomic mass is 35.5. The molecule has 1 fully saturated rings. The van der Waals surface area contributed by atoms with Gasteiger partial charge in [0, 0.05) is 23.9 Å². The highest BCUT2D eigenvalue weighted by Gasteiger charge is 2.33. The molecule has 1 N–H and O–H groups in total. The molecule has 162 valence electrons. The first-order valence-corrected chi connectivity index (χ1v) is 11.6. The largest absolute Gasteiger partial charge is 0.353 e. The van der Waals surface area contributed by atoms with Crippen LogP contribution in [-0.2, 0) is 16.0 Å². The average Bonchev–Trinajstić information content (AvgIpc) is 2.84. The number of amides is 1. The van der Waals surface area contributed by atoms with Crippen molar-refractivity contribution in [2.75, 3.05) is 0 Å². The Morgan fingerprint density at radius 2 is 1.94 bits per heavy atom. The van der Waals surface area contributed by atoms with Crippen LogP contribution in [0.4, 0.5) is 0 Å². The van der Waals surface area contributed by atoms with Gasteiger partial charge < -0.3 is 5.32 Å². The molecule has 0 aliphatic heterocycles. The van der Waals surface area contributed by atoms with Crippen molar-refractivity contribution in [3.63, 3.8) is 0 Å². The van der Waals surface area contributed by atoms with Gasteiger partial charge in [-0.25, -0.2) is 0 Å². The van der Waals surface area contributed by atoms with E-state index in [2.05, 4.69) is 55.2 Å². The zero-order valence-electron chi connectivity index (χ0n) is 18.1. The van der Waals surface area contributed by atoms with Crippen molar-refractivity contribution in [1.82, 2.24) is 5.32 Å². The Kier molecular flexibility index (Phi) is 6.62. The number of fused-ring (bicyclic) bond motifs is 3. The summed E-state index contributed by atoms with van der Waals surface area (Å²) < 4.78 is 0. The zero-order chi connectivity index (χ0) is 22.0. The number of ketones is 1. The number of hydrogen-bond acceptors (Lipinski definition) is 2. The van der Waals surface area contributed by atoms with Crippen molar-refractivity contribution in [2.24, 2.45) is 11.8 Å². The fraction of sp³-hybridized carbons (Fsp3) is 0.407. The third kappa shape index (κ3) is 4.93. The van der Waals surface area contributed by atoms with Crippen LogP contribution in [0.5, 0.6) is 0 Å². The maximum Gasteiger partial charge on any atom is 0.220 e. The van der Waals surface area contributed by atoms with Crippen LogP contribution in [0.25, 0.3) is 11.1 Å². The number of allylic oxidation sites excluding steroid dienone is 1. The monoisotopic (exact) mass is 435 g/mol. The van der Waals surface area contributed by atoms with Gasteiger partial charge >= 0.3 is 0 Å². The van der Waals surface area contributed by atoms with E-state index in [4.69, 9.17) is 11.6 Å². The van der Waals surface area contributed by atoms with Gasteiger partial charge in [-0.1, -0.05) is 55.4 Å². The first kappa shape index (κ1) is 21.8. The van der Waals surface area contributed by atoms with Crippen LogP contribution >= 0.6 is 11.6 Å². The number of halogens is 1. The minimum atomic E-state index is 0.108. The molecule has 0 heterocycles. The van der Waals surface area contributed by atoms with Crippen molar-refractivity contribution < 1.29 is 9.59 Å². The number of nitrogens with one attached hydrogen (secondary N) is 1. The van der Waals surface area contributed by atoms with E-state index in [0.717, 1.165) is 30.7 Å². The fourth-order valence-electron chi connectivity index (χ4n) is 5.14. The van der Waals surface area contributed by atoms with Gasteiger partial charge in [-0.05, 0) is 83.9 Å². The van der Waals surface area contributed by atoms with Gasteiger partial charge in [0.05, 0.1) is 0 Å². The van der Waals surface area contributed by atoms with E-state index in [1.54, 1.807) is 0 Å². The van der Waals surface area contributed by atoms with E-state index < -0.39 is 0 Å². The Labute approximate surface area is 189 Å². The maximum absolute atomic E-state index is 12.9. The molecule has 2 aromatic rings. The van der Waals surface area contributed by atoms with Crippen molar-refractivity contribution in [2.45, 2.75) is 57.4 Å². The Balaban J connectivity index is 1.40. The summed E-state index contributed by atoms with van der Waals surface area (Å²) in [5.74, 6) is 1.29. The summed E-state index contributed by atoms with van der Waals surface area (Å²) in [5.41, 5.74) is 4.96. The zero-order valence-corrected chi connectivity index (χ0v) is 18.8. The smallest absolute Gasteiger partial charge is 0.220 e. The maximum atomic E-state index is 12.9. The highest BCUT2D eigenvalue weighted by Crippen LogP contribution is 2.43. The summed E-state index contributed by atoms with van der Waals surface area (Å²) in [6, 6.07) is 14.8. The second kappa shape index (κ2) is 9.40. The van der Waals surface area contributed by atoms with Crippen LogP contribution in [0, 0.1) is 11.8 Å². The second-order valence-corrected chi connectivity index (χ2v) is 9.59.